The van der Waals surface area contributed by atoms with Crippen LogP contribution in [0.4, 0.5) is 14.5 Å². The molecule has 0 bridgehead atoms. The largest absolute Gasteiger partial charge is 0.378 e. The molecule has 1 aliphatic heterocycles. The lowest BCUT2D eigenvalue weighted by Crippen LogP contribution is -2.36. The molecule has 0 aromatic heterocycles. The summed E-state index contributed by atoms with van der Waals surface area (Å²) in [6.07, 6.45) is 0. The average molecular weight is 382 g/mol. The van der Waals surface area contributed by atoms with Gasteiger partial charge >= 0.3 is 0 Å². The Labute approximate surface area is 151 Å². The highest BCUT2D eigenvalue weighted by molar-refractivity contribution is 7.89. The summed E-state index contributed by atoms with van der Waals surface area (Å²) in [7, 11) is -2.68. The number of halogens is 2. The Balaban J connectivity index is 1.73. The summed E-state index contributed by atoms with van der Waals surface area (Å²) < 4.78 is 58.3. The maximum Gasteiger partial charge on any atom is 0.246 e. The van der Waals surface area contributed by atoms with Crippen molar-refractivity contribution in [3.8, 4) is 0 Å². The minimum Gasteiger partial charge on any atom is -0.378 e. The number of ether oxygens (including phenoxy) is 1. The highest BCUT2D eigenvalue weighted by Crippen LogP contribution is 2.22. The zero-order chi connectivity index (χ0) is 18.7. The van der Waals surface area contributed by atoms with Crippen molar-refractivity contribution in [1.29, 1.82) is 0 Å². The second-order valence-electron chi connectivity index (χ2n) is 6.10. The number of anilines is 1. The molecule has 1 heterocycles. The first-order chi connectivity index (χ1) is 12.4. The van der Waals surface area contributed by atoms with Crippen molar-refractivity contribution >= 4 is 15.7 Å². The predicted molar refractivity (Wildman–Crippen MR) is 94.5 cm³/mol. The SMILES string of the molecule is CN(Cc1ccc(N2CCOCC2)cc1)S(=O)(=O)c1ccc(F)cc1F. The van der Waals surface area contributed by atoms with Crippen LogP contribution < -0.4 is 4.90 Å². The van der Waals surface area contributed by atoms with Gasteiger partial charge in [0.2, 0.25) is 10.0 Å². The molecule has 1 fully saturated rings. The van der Waals surface area contributed by atoms with E-state index in [1.165, 1.54) is 7.05 Å². The molecule has 8 heteroatoms. The smallest absolute Gasteiger partial charge is 0.246 e. The standard InChI is InChI=1S/C18H20F2N2O3S/c1-21(26(23,24)18-7-4-15(19)12-17(18)20)13-14-2-5-16(6-3-14)22-8-10-25-11-9-22/h2-7,12H,8-11,13H2,1H3. The average Bonchev–Trinajstić information content (AvgIpc) is 2.62. The lowest BCUT2D eigenvalue weighted by molar-refractivity contribution is 0.122. The molecule has 0 saturated carbocycles. The molecule has 2 aromatic rings. The van der Waals surface area contributed by atoms with E-state index in [-0.39, 0.29) is 6.54 Å². The summed E-state index contributed by atoms with van der Waals surface area (Å²) >= 11 is 0. The van der Waals surface area contributed by atoms with Gasteiger partial charge in [-0.25, -0.2) is 17.2 Å². The van der Waals surface area contributed by atoms with Crippen molar-refractivity contribution in [3.63, 3.8) is 0 Å². The monoisotopic (exact) mass is 382 g/mol. The molecule has 0 unspecified atom stereocenters. The van der Waals surface area contributed by atoms with Crippen molar-refractivity contribution in [2.24, 2.45) is 0 Å². The number of rotatable bonds is 5. The van der Waals surface area contributed by atoms with Gasteiger partial charge in [0.25, 0.3) is 0 Å². The third-order valence-electron chi connectivity index (χ3n) is 4.30. The zero-order valence-electron chi connectivity index (χ0n) is 14.4. The van der Waals surface area contributed by atoms with Crippen LogP contribution in [-0.4, -0.2) is 46.1 Å². The number of hydrogen-bond donors (Lipinski definition) is 0. The van der Waals surface area contributed by atoms with Crippen molar-refractivity contribution in [2.45, 2.75) is 11.4 Å². The first kappa shape index (κ1) is 18.8. The summed E-state index contributed by atoms with van der Waals surface area (Å²) in [4.78, 5) is 1.66. The maximum atomic E-state index is 13.8. The molecule has 140 valence electrons. The van der Waals surface area contributed by atoms with Crippen LogP contribution in [0.25, 0.3) is 0 Å². The summed E-state index contributed by atoms with van der Waals surface area (Å²) in [6.45, 7) is 3.09. The van der Waals surface area contributed by atoms with Crippen LogP contribution >= 0.6 is 0 Å². The van der Waals surface area contributed by atoms with E-state index in [0.29, 0.717) is 19.3 Å². The highest BCUT2D eigenvalue weighted by Gasteiger charge is 2.25. The van der Waals surface area contributed by atoms with Crippen LogP contribution in [0.3, 0.4) is 0 Å². The topological polar surface area (TPSA) is 49.9 Å². The summed E-state index contributed by atoms with van der Waals surface area (Å²) in [5, 5.41) is 0. The second kappa shape index (κ2) is 7.69. The number of sulfonamides is 1. The van der Waals surface area contributed by atoms with Crippen LogP contribution in [0.15, 0.2) is 47.4 Å². The van der Waals surface area contributed by atoms with E-state index in [4.69, 9.17) is 4.74 Å². The number of hydrogen-bond acceptors (Lipinski definition) is 4. The fourth-order valence-corrected chi connectivity index (χ4v) is 4.03. The third kappa shape index (κ3) is 4.03. The first-order valence-electron chi connectivity index (χ1n) is 8.21. The lowest BCUT2D eigenvalue weighted by atomic mass is 10.2. The molecule has 0 radical (unpaired) electrons. The van der Waals surface area contributed by atoms with Crippen LogP contribution in [0.5, 0.6) is 0 Å². The van der Waals surface area contributed by atoms with Gasteiger partial charge in [-0.05, 0) is 29.8 Å². The third-order valence-corrected chi connectivity index (χ3v) is 6.14. The molecule has 0 spiro atoms. The maximum absolute atomic E-state index is 13.8. The van der Waals surface area contributed by atoms with Gasteiger partial charge in [0, 0.05) is 38.4 Å². The van der Waals surface area contributed by atoms with Crippen molar-refractivity contribution in [3.05, 3.63) is 59.7 Å². The minimum atomic E-state index is -4.05. The van der Waals surface area contributed by atoms with E-state index in [0.717, 1.165) is 40.8 Å². The van der Waals surface area contributed by atoms with E-state index in [1.54, 1.807) is 0 Å². The predicted octanol–water partition coefficient (Wildman–Crippen LogP) is 2.62. The van der Waals surface area contributed by atoms with Gasteiger partial charge in [0.1, 0.15) is 16.5 Å². The number of nitrogens with zero attached hydrogens (tertiary/aromatic N) is 2. The molecule has 5 nitrogen and oxygen atoms in total. The molecule has 26 heavy (non-hydrogen) atoms. The van der Waals surface area contributed by atoms with Gasteiger partial charge in [-0.1, -0.05) is 12.1 Å². The molecule has 0 aliphatic carbocycles. The molecule has 2 aromatic carbocycles. The normalized spacial score (nSPS) is 15.5. The molecule has 1 saturated heterocycles. The molecular formula is C18H20F2N2O3S. The van der Waals surface area contributed by atoms with Gasteiger partial charge in [-0.3, -0.25) is 0 Å². The van der Waals surface area contributed by atoms with Crippen LogP contribution in [0.2, 0.25) is 0 Å². The Morgan fingerprint density at radius 1 is 1.08 bits per heavy atom. The van der Waals surface area contributed by atoms with Crippen LogP contribution in [-0.2, 0) is 21.3 Å². The summed E-state index contributed by atoms with van der Waals surface area (Å²) in [5.41, 5.74) is 1.82. The van der Waals surface area contributed by atoms with E-state index in [1.807, 2.05) is 24.3 Å². The Morgan fingerprint density at radius 3 is 2.35 bits per heavy atom. The van der Waals surface area contributed by atoms with Gasteiger partial charge in [-0.2, -0.15) is 4.31 Å². The van der Waals surface area contributed by atoms with Crippen molar-refractivity contribution in [2.75, 3.05) is 38.3 Å². The molecular weight excluding hydrogens is 362 g/mol. The van der Waals surface area contributed by atoms with E-state index >= 15 is 0 Å². The van der Waals surface area contributed by atoms with E-state index in [9.17, 15) is 17.2 Å². The Bertz CT molecular complexity index is 867. The van der Waals surface area contributed by atoms with Gasteiger partial charge in [0.05, 0.1) is 13.2 Å². The van der Waals surface area contributed by atoms with Gasteiger partial charge in [-0.15, -0.1) is 0 Å². The van der Waals surface area contributed by atoms with Crippen LogP contribution in [0, 0.1) is 11.6 Å². The van der Waals surface area contributed by atoms with Gasteiger partial charge < -0.3 is 9.64 Å². The summed E-state index contributed by atoms with van der Waals surface area (Å²) in [5.74, 6) is -1.91. The molecule has 0 atom stereocenters. The summed E-state index contributed by atoms with van der Waals surface area (Å²) in [6, 6.07) is 9.99. The quantitative estimate of drug-likeness (QED) is 0.798. The van der Waals surface area contributed by atoms with Crippen molar-refractivity contribution < 1.29 is 21.9 Å². The van der Waals surface area contributed by atoms with Crippen molar-refractivity contribution in [1.82, 2.24) is 4.31 Å². The van der Waals surface area contributed by atoms with E-state index < -0.39 is 26.6 Å². The van der Waals surface area contributed by atoms with E-state index in [2.05, 4.69) is 4.90 Å². The molecule has 3 rings (SSSR count). The molecule has 1 aliphatic rings. The second-order valence-corrected chi connectivity index (χ2v) is 8.11. The Morgan fingerprint density at radius 2 is 1.73 bits per heavy atom. The fourth-order valence-electron chi connectivity index (χ4n) is 2.83. The minimum absolute atomic E-state index is 0.0859. The highest BCUT2D eigenvalue weighted by atomic mass is 32.2. The fraction of sp³-hybridized carbons (Fsp3) is 0.333. The molecule has 0 amide bonds. The molecule has 0 N–H and O–H groups in total. The first-order valence-corrected chi connectivity index (χ1v) is 9.65. The van der Waals surface area contributed by atoms with Crippen LogP contribution in [0.1, 0.15) is 5.56 Å². The number of benzene rings is 2. The van der Waals surface area contributed by atoms with Gasteiger partial charge in [0.15, 0.2) is 0 Å². The Hall–Kier alpha value is -2.03. The lowest BCUT2D eigenvalue weighted by Gasteiger charge is -2.29. The zero-order valence-corrected chi connectivity index (χ0v) is 15.2. The Kier molecular flexibility index (Phi) is 5.55. The number of morpholine rings is 1.